The van der Waals surface area contributed by atoms with Crippen LogP contribution in [0, 0.1) is 10.5 Å². The molecule has 1 amide bonds. The second kappa shape index (κ2) is 6.52. The zero-order chi connectivity index (χ0) is 17.4. The highest BCUT2D eigenvalue weighted by molar-refractivity contribution is 14.1. The summed E-state index contributed by atoms with van der Waals surface area (Å²) in [6.45, 7) is 1.86. The van der Waals surface area contributed by atoms with Gasteiger partial charge < -0.3 is 5.32 Å². The molecular weight excluding hydrogens is 449 g/mol. The summed E-state index contributed by atoms with van der Waals surface area (Å²) in [4.78, 5) is 13.3. The summed E-state index contributed by atoms with van der Waals surface area (Å²) in [6.07, 6.45) is 0. The fourth-order valence-electron chi connectivity index (χ4n) is 2.43. The standard InChI is InChI=1S/C17H12IN5OS/c1-10-20-21-17-23(10)22-16(25-17)13-7-2-3-8-14(13)19-15(24)11-5-4-6-12(18)9-11/h2-9H,1H3,(H,19,24). The Hall–Kier alpha value is -2.33. The lowest BCUT2D eigenvalue weighted by atomic mass is 10.1. The minimum absolute atomic E-state index is 0.148. The van der Waals surface area contributed by atoms with Gasteiger partial charge in [-0.3, -0.25) is 4.79 Å². The first-order valence-corrected chi connectivity index (χ1v) is 9.36. The molecule has 0 fully saturated rings. The van der Waals surface area contributed by atoms with Crippen molar-refractivity contribution in [1.29, 1.82) is 0 Å². The van der Waals surface area contributed by atoms with Crippen molar-refractivity contribution < 1.29 is 4.79 Å². The average Bonchev–Trinajstić information content (AvgIpc) is 3.18. The Bertz CT molecular complexity index is 1090. The van der Waals surface area contributed by atoms with E-state index < -0.39 is 0 Å². The fourth-order valence-corrected chi connectivity index (χ4v) is 3.89. The Balaban J connectivity index is 1.70. The molecule has 2 heterocycles. The maximum absolute atomic E-state index is 12.6. The lowest BCUT2D eigenvalue weighted by Crippen LogP contribution is -2.12. The molecule has 0 saturated carbocycles. The number of amides is 1. The summed E-state index contributed by atoms with van der Waals surface area (Å²) in [5.74, 6) is 0.586. The Morgan fingerprint density at radius 3 is 2.80 bits per heavy atom. The van der Waals surface area contributed by atoms with E-state index in [0.717, 1.165) is 24.9 Å². The van der Waals surface area contributed by atoms with Crippen LogP contribution in [-0.4, -0.2) is 25.7 Å². The molecule has 25 heavy (non-hydrogen) atoms. The minimum atomic E-state index is -0.148. The van der Waals surface area contributed by atoms with Gasteiger partial charge in [-0.1, -0.05) is 29.5 Å². The molecule has 0 unspecified atom stereocenters. The molecule has 0 saturated heterocycles. The number of hydrogen-bond donors (Lipinski definition) is 1. The van der Waals surface area contributed by atoms with Gasteiger partial charge in [0, 0.05) is 14.7 Å². The van der Waals surface area contributed by atoms with Crippen molar-refractivity contribution in [1.82, 2.24) is 19.8 Å². The molecular formula is C17H12IN5OS. The number of hydrogen-bond acceptors (Lipinski definition) is 5. The first kappa shape index (κ1) is 16.2. The Kier molecular flexibility index (Phi) is 4.22. The fraction of sp³-hybridized carbons (Fsp3) is 0.0588. The van der Waals surface area contributed by atoms with Gasteiger partial charge in [-0.2, -0.15) is 9.61 Å². The Morgan fingerprint density at radius 2 is 2.00 bits per heavy atom. The zero-order valence-corrected chi connectivity index (χ0v) is 16.1. The molecule has 8 heteroatoms. The van der Waals surface area contributed by atoms with E-state index in [1.54, 1.807) is 10.6 Å². The van der Waals surface area contributed by atoms with E-state index in [1.807, 2.05) is 49.4 Å². The van der Waals surface area contributed by atoms with Gasteiger partial charge in [-0.15, -0.1) is 10.2 Å². The minimum Gasteiger partial charge on any atom is -0.321 e. The van der Waals surface area contributed by atoms with E-state index in [4.69, 9.17) is 0 Å². The molecule has 0 aliphatic rings. The Labute approximate surface area is 161 Å². The number of aromatic nitrogens is 4. The molecule has 0 atom stereocenters. The summed E-state index contributed by atoms with van der Waals surface area (Å²) in [5, 5.41) is 16.4. The van der Waals surface area contributed by atoms with E-state index in [1.165, 1.54) is 11.3 Å². The summed E-state index contributed by atoms with van der Waals surface area (Å²) in [7, 11) is 0. The van der Waals surface area contributed by atoms with Crippen LogP contribution in [0.5, 0.6) is 0 Å². The molecule has 2 aromatic heterocycles. The molecule has 4 rings (SSSR count). The van der Waals surface area contributed by atoms with Crippen molar-refractivity contribution in [2.45, 2.75) is 6.92 Å². The van der Waals surface area contributed by atoms with Crippen LogP contribution in [0.3, 0.4) is 0 Å². The maximum Gasteiger partial charge on any atom is 0.255 e. The van der Waals surface area contributed by atoms with Crippen LogP contribution >= 0.6 is 33.9 Å². The quantitative estimate of drug-likeness (QED) is 0.468. The van der Waals surface area contributed by atoms with Gasteiger partial charge in [-0.05, 0) is 59.8 Å². The SMILES string of the molecule is Cc1nnc2sc(-c3ccccc3NC(=O)c3cccc(I)c3)nn12. The van der Waals surface area contributed by atoms with Gasteiger partial charge in [0.05, 0.1) is 5.69 Å². The van der Waals surface area contributed by atoms with Crippen molar-refractivity contribution in [2.24, 2.45) is 0 Å². The molecule has 2 aromatic carbocycles. The van der Waals surface area contributed by atoms with Crippen LogP contribution in [0.15, 0.2) is 48.5 Å². The number of nitrogens with zero attached hydrogens (tertiary/aromatic N) is 4. The van der Waals surface area contributed by atoms with Crippen molar-refractivity contribution in [3.63, 3.8) is 0 Å². The van der Waals surface area contributed by atoms with Crippen LogP contribution < -0.4 is 5.32 Å². The maximum atomic E-state index is 12.6. The molecule has 0 radical (unpaired) electrons. The molecule has 0 aliphatic carbocycles. The normalized spacial score (nSPS) is 11.0. The van der Waals surface area contributed by atoms with Gasteiger partial charge in [0.2, 0.25) is 4.96 Å². The number of halogens is 1. The zero-order valence-electron chi connectivity index (χ0n) is 13.1. The van der Waals surface area contributed by atoms with Crippen molar-refractivity contribution in [3.8, 4) is 10.6 Å². The number of fused-ring (bicyclic) bond motifs is 1. The number of para-hydroxylation sites is 1. The largest absolute Gasteiger partial charge is 0.321 e. The van der Waals surface area contributed by atoms with Crippen LogP contribution in [0.4, 0.5) is 5.69 Å². The van der Waals surface area contributed by atoms with Crippen molar-refractivity contribution in [2.75, 3.05) is 5.32 Å². The lowest BCUT2D eigenvalue weighted by Gasteiger charge is -2.09. The second-order valence-corrected chi connectivity index (χ2v) is 7.56. The third kappa shape index (κ3) is 3.14. The van der Waals surface area contributed by atoms with Crippen LogP contribution in [0.1, 0.15) is 16.2 Å². The van der Waals surface area contributed by atoms with Gasteiger partial charge in [0.1, 0.15) is 5.01 Å². The van der Waals surface area contributed by atoms with Gasteiger partial charge in [0.25, 0.3) is 5.91 Å². The smallest absolute Gasteiger partial charge is 0.255 e. The molecule has 124 valence electrons. The Morgan fingerprint density at radius 1 is 1.16 bits per heavy atom. The number of rotatable bonds is 3. The average molecular weight is 461 g/mol. The number of carbonyl (C=O) groups is 1. The van der Waals surface area contributed by atoms with E-state index in [2.05, 4.69) is 43.2 Å². The third-order valence-corrected chi connectivity index (χ3v) is 5.24. The topological polar surface area (TPSA) is 72.2 Å². The van der Waals surface area contributed by atoms with Gasteiger partial charge in [-0.25, -0.2) is 0 Å². The highest BCUT2D eigenvalue weighted by Gasteiger charge is 2.15. The highest BCUT2D eigenvalue weighted by atomic mass is 127. The summed E-state index contributed by atoms with van der Waals surface area (Å²) < 4.78 is 2.72. The van der Waals surface area contributed by atoms with Gasteiger partial charge in [0.15, 0.2) is 5.82 Å². The van der Waals surface area contributed by atoms with Crippen LogP contribution in [0.25, 0.3) is 15.5 Å². The monoisotopic (exact) mass is 461 g/mol. The van der Waals surface area contributed by atoms with Crippen LogP contribution in [-0.2, 0) is 0 Å². The molecule has 1 N–H and O–H groups in total. The molecule has 6 nitrogen and oxygen atoms in total. The second-order valence-electron chi connectivity index (χ2n) is 5.36. The molecule has 4 aromatic rings. The third-order valence-electron chi connectivity index (χ3n) is 3.64. The predicted molar refractivity (Wildman–Crippen MR) is 106 cm³/mol. The lowest BCUT2D eigenvalue weighted by molar-refractivity contribution is 0.102. The van der Waals surface area contributed by atoms with E-state index in [0.29, 0.717) is 11.3 Å². The molecule has 0 spiro atoms. The van der Waals surface area contributed by atoms with Crippen molar-refractivity contribution in [3.05, 3.63) is 63.5 Å². The molecule has 0 bridgehead atoms. The number of carbonyl (C=O) groups excluding carboxylic acids is 1. The summed E-state index contributed by atoms with van der Waals surface area (Å²) in [5.41, 5.74) is 2.20. The summed E-state index contributed by atoms with van der Waals surface area (Å²) in [6, 6.07) is 15.1. The van der Waals surface area contributed by atoms with E-state index >= 15 is 0 Å². The number of benzene rings is 2. The number of nitrogens with one attached hydrogen (secondary N) is 1. The van der Waals surface area contributed by atoms with E-state index in [9.17, 15) is 4.79 Å². The first-order valence-electron chi connectivity index (χ1n) is 7.47. The first-order chi connectivity index (χ1) is 12.1. The highest BCUT2D eigenvalue weighted by Crippen LogP contribution is 2.31. The predicted octanol–water partition coefficient (Wildman–Crippen LogP) is 4.02. The number of anilines is 1. The van der Waals surface area contributed by atoms with Gasteiger partial charge >= 0.3 is 0 Å². The molecule has 0 aliphatic heterocycles. The van der Waals surface area contributed by atoms with Crippen molar-refractivity contribution >= 4 is 50.5 Å². The number of aryl methyl sites for hydroxylation is 1. The van der Waals surface area contributed by atoms with E-state index in [-0.39, 0.29) is 5.91 Å². The summed E-state index contributed by atoms with van der Waals surface area (Å²) >= 11 is 3.63. The van der Waals surface area contributed by atoms with Crippen LogP contribution in [0.2, 0.25) is 0 Å².